The van der Waals surface area contributed by atoms with Gasteiger partial charge in [0.25, 0.3) is 0 Å². The highest BCUT2D eigenvalue weighted by Gasteiger charge is 1.90. The minimum absolute atomic E-state index is 0.415. The van der Waals surface area contributed by atoms with Crippen molar-refractivity contribution in [2.45, 2.75) is 0 Å². The minimum atomic E-state index is 0.415. The molecule has 0 N–H and O–H groups in total. The van der Waals surface area contributed by atoms with Crippen LogP contribution in [0, 0.1) is 0 Å². The van der Waals surface area contributed by atoms with E-state index in [9.17, 15) is 0 Å². The maximum absolute atomic E-state index is 4.98. The second kappa shape index (κ2) is 2.10. The van der Waals surface area contributed by atoms with E-state index < -0.39 is 0 Å². The Balaban J connectivity index is 2.84. The van der Waals surface area contributed by atoms with E-state index in [1.54, 1.807) is 18.7 Å². The first-order chi connectivity index (χ1) is 4.97. The average Bonchev–Trinajstić information content (AvgIpc) is 2.05. The second-order valence-electron chi connectivity index (χ2n) is 2.01. The summed E-state index contributed by atoms with van der Waals surface area (Å²) in [4.78, 5) is 8.01. The van der Waals surface area contributed by atoms with Crippen LogP contribution in [0.15, 0.2) is 23.5 Å². The van der Waals surface area contributed by atoms with E-state index in [-0.39, 0.29) is 0 Å². The molecule has 2 rings (SSSR count). The lowest BCUT2D eigenvalue weighted by atomic mass is 10.4. The molecule has 3 heteroatoms. The molecule has 0 spiro atoms. The molecule has 3 nitrogen and oxygen atoms in total. The summed E-state index contributed by atoms with van der Waals surface area (Å²) in [5, 5.41) is 1.91. The first-order valence-corrected chi connectivity index (χ1v) is 3.03. The molecule has 0 saturated carbocycles. The zero-order chi connectivity index (χ0) is 6.81. The first-order valence-electron chi connectivity index (χ1n) is 3.03. The third-order valence-corrected chi connectivity index (χ3v) is 1.35. The number of hydrogen-bond donors (Lipinski definition) is 0. The Bertz CT molecular complexity index is 310. The fourth-order valence-corrected chi connectivity index (χ4v) is 0.863. The quantitative estimate of drug-likeness (QED) is 0.476. The van der Waals surface area contributed by atoms with Crippen molar-refractivity contribution in [3.63, 3.8) is 0 Å². The van der Waals surface area contributed by atoms with Gasteiger partial charge in [0.15, 0.2) is 6.73 Å². The lowest BCUT2D eigenvalue weighted by Gasteiger charge is -1.99. The third kappa shape index (κ3) is 0.757. The zero-order valence-electron chi connectivity index (χ0n) is 5.32. The highest BCUT2D eigenvalue weighted by molar-refractivity contribution is 5.14. The zero-order valence-corrected chi connectivity index (χ0v) is 5.32. The molecule has 1 aromatic rings. The molecule has 0 aromatic carbocycles. The normalized spacial score (nSPS) is 14.0. The van der Waals surface area contributed by atoms with Gasteiger partial charge in [-0.25, -0.2) is 4.99 Å². The summed E-state index contributed by atoms with van der Waals surface area (Å²) in [5.41, 5.74) is 0. The Kier molecular flexibility index (Phi) is 1.13. The van der Waals surface area contributed by atoms with Crippen LogP contribution in [-0.4, -0.2) is 11.7 Å². The van der Waals surface area contributed by atoms with Crippen LogP contribution < -0.4 is 10.6 Å². The highest BCUT2D eigenvalue weighted by Crippen LogP contribution is 1.79. The standard InChI is InChI=1S/C7H6N2O/c1-2-8-3-7-6(1)4-10-5-9-7/h1-4H,5H2. The Morgan fingerprint density at radius 3 is 3.40 bits per heavy atom. The maximum Gasteiger partial charge on any atom is 0.178 e. The van der Waals surface area contributed by atoms with E-state index in [4.69, 9.17) is 4.74 Å². The maximum atomic E-state index is 4.98. The van der Waals surface area contributed by atoms with Crippen LogP contribution in [-0.2, 0) is 4.74 Å². The lowest BCUT2D eigenvalue weighted by Crippen LogP contribution is -2.28. The number of nitrogens with zero attached hydrogens (tertiary/aromatic N) is 2. The number of pyridine rings is 1. The summed E-state index contributed by atoms with van der Waals surface area (Å²) in [7, 11) is 0. The van der Waals surface area contributed by atoms with Crippen molar-refractivity contribution in [2.24, 2.45) is 4.99 Å². The molecule has 0 unspecified atom stereocenters. The summed E-state index contributed by atoms with van der Waals surface area (Å²) >= 11 is 0. The predicted molar refractivity (Wildman–Crippen MR) is 35.4 cm³/mol. The van der Waals surface area contributed by atoms with Crippen molar-refractivity contribution in [2.75, 3.05) is 6.73 Å². The molecule has 0 atom stereocenters. The van der Waals surface area contributed by atoms with Gasteiger partial charge < -0.3 is 4.74 Å². The molecule has 1 aliphatic heterocycles. The summed E-state index contributed by atoms with van der Waals surface area (Å²) in [6, 6.07) is 1.87. The fraction of sp³-hybridized carbons (Fsp3) is 0.143. The number of aromatic nitrogens is 1. The van der Waals surface area contributed by atoms with Crippen molar-refractivity contribution in [1.82, 2.24) is 4.98 Å². The van der Waals surface area contributed by atoms with Gasteiger partial charge in [0, 0.05) is 11.4 Å². The Morgan fingerprint density at radius 1 is 1.50 bits per heavy atom. The van der Waals surface area contributed by atoms with Crippen molar-refractivity contribution in [1.29, 1.82) is 0 Å². The van der Waals surface area contributed by atoms with Crippen LogP contribution in [0.2, 0.25) is 0 Å². The summed E-state index contributed by atoms with van der Waals surface area (Å²) < 4.78 is 4.98. The Morgan fingerprint density at radius 2 is 2.50 bits per heavy atom. The van der Waals surface area contributed by atoms with Gasteiger partial charge in [-0.1, -0.05) is 0 Å². The molecule has 1 aliphatic rings. The van der Waals surface area contributed by atoms with Gasteiger partial charge in [0.05, 0.1) is 17.8 Å². The topological polar surface area (TPSA) is 34.5 Å². The van der Waals surface area contributed by atoms with E-state index in [1.165, 1.54) is 0 Å². The van der Waals surface area contributed by atoms with Crippen LogP contribution >= 0.6 is 0 Å². The largest absolute Gasteiger partial charge is 0.478 e. The molecule has 0 radical (unpaired) electrons. The fourth-order valence-electron chi connectivity index (χ4n) is 0.863. The van der Waals surface area contributed by atoms with Gasteiger partial charge >= 0.3 is 0 Å². The monoisotopic (exact) mass is 134 g/mol. The first kappa shape index (κ1) is 5.41. The molecular formula is C7H6N2O. The van der Waals surface area contributed by atoms with Crippen LogP contribution in [0.25, 0.3) is 6.26 Å². The van der Waals surface area contributed by atoms with Gasteiger partial charge in [-0.15, -0.1) is 0 Å². The van der Waals surface area contributed by atoms with Gasteiger partial charge in [-0.05, 0) is 6.07 Å². The summed E-state index contributed by atoms with van der Waals surface area (Å²) in [6.07, 6.45) is 5.15. The predicted octanol–water partition coefficient (Wildman–Crippen LogP) is -0.573. The number of hydrogen-bond acceptors (Lipinski definition) is 3. The van der Waals surface area contributed by atoms with E-state index in [0.717, 1.165) is 10.6 Å². The van der Waals surface area contributed by atoms with Gasteiger partial charge in [0.1, 0.15) is 0 Å². The second-order valence-corrected chi connectivity index (χ2v) is 2.01. The number of fused-ring (bicyclic) bond motifs is 1. The SMILES string of the molecule is C1=c2ccncc2=NCO1. The molecule has 0 amide bonds. The molecule has 0 fully saturated rings. The minimum Gasteiger partial charge on any atom is -0.478 e. The molecule has 2 heterocycles. The van der Waals surface area contributed by atoms with Gasteiger partial charge in [0.2, 0.25) is 0 Å². The van der Waals surface area contributed by atoms with Crippen LogP contribution in [0.3, 0.4) is 0 Å². The third-order valence-electron chi connectivity index (χ3n) is 1.35. The summed E-state index contributed by atoms with van der Waals surface area (Å²) in [6.45, 7) is 0.415. The van der Waals surface area contributed by atoms with Crippen LogP contribution in [0.5, 0.6) is 0 Å². The van der Waals surface area contributed by atoms with Gasteiger partial charge in [-0.2, -0.15) is 0 Å². The number of rotatable bonds is 0. The average molecular weight is 134 g/mol. The molecule has 50 valence electrons. The van der Waals surface area contributed by atoms with Crippen molar-refractivity contribution in [3.05, 3.63) is 29.0 Å². The Labute approximate surface area is 57.7 Å². The van der Waals surface area contributed by atoms with Crippen molar-refractivity contribution in [3.8, 4) is 0 Å². The van der Waals surface area contributed by atoms with Crippen molar-refractivity contribution >= 4 is 6.26 Å². The molecule has 0 saturated heterocycles. The Hall–Kier alpha value is -1.38. The van der Waals surface area contributed by atoms with Crippen LogP contribution in [0.4, 0.5) is 0 Å². The molecular weight excluding hydrogens is 128 g/mol. The molecule has 0 aliphatic carbocycles. The number of ether oxygens (including phenoxy) is 1. The van der Waals surface area contributed by atoms with E-state index >= 15 is 0 Å². The molecule has 10 heavy (non-hydrogen) atoms. The van der Waals surface area contributed by atoms with E-state index in [1.807, 2.05) is 6.07 Å². The smallest absolute Gasteiger partial charge is 0.178 e. The van der Waals surface area contributed by atoms with Crippen LogP contribution in [0.1, 0.15) is 0 Å². The molecule has 1 aromatic heterocycles. The van der Waals surface area contributed by atoms with E-state index in [0.29, 0.717) is 6.73 Å². The van der Waals surface area contributed by atoms with E-state index in [2.05, 4.69) is 9.98 Å². The summed E-state index contributed by atoms with van der Waals surface area (Å²) in [5.74, 6) is 0. The van der Waals surface area contributed by atoms with Gasteiger partial charge in [-0.3, -0.25) is 4.98 Å². The highest BCUT2D eigenvalue weighted by atomic mass is 16.5. The molecule has 0 bridgehead atoms. The van der Waals surface area contributed by atoms with Crippen molar-refractivity contribution < 1.29 is 4.74 Å². The lowest BCUT2D eigenvalue weighted by molar-refractivity contribution is 0.296.